The van der Waals surface area contributed by atoms with Crippen LogP contribution in [0, 0.1) is 11.8 Å². The summed E-state index contributed by atoms with van der Waals surface area (Å²) in [5.41, 5.74) is 0.283. The fourth-order valence-electron chi connectivity index (χ4n) is 2.38. The van der Waals surface area contributed by atoms with Crippen LogP contribution in [0.15, 0.2) is 6.07 Å². The molecule has 1 fully saturated rings. The number of nitrogens with zero attached hydrogens (tertiary/aromatic N) is 2. The second-order valence-electron chi connectivity index (χ2n) is 5.21. The number of halogens is 2. The molecule has 0 bridgehead atoms. The van der Waals surface area contributed by atoms with Gasteiger partial charge in [-0.1, -0.05) is 43.0 Å². The van der Waals surface area contributed by atoms with Crippen molar-refractivity contribution in [1.82, 2.24) is 15.5 Å². The lowest BCUT2D eigenvalue weighted by atomic mass is 9.83. The first kappa shape index (κ1) is 14.5. The van der Waals surface area contributed by atoms with E-state index in [2.05, 4.69) is 22.4 Å². The van der Waals surface area contributed by atoms with Gasteiger partial charge in [-0.15, -0.1) is 10.2 Å². The van der Waals surface area contributed by atoms with Crippen LogP contribution in [0.25, 0.3) is 0 Å². The van der Waals surface area contributed by atoms with Gasteiger partial charge in [0.2, 0.25) is 0 Å². The maximum Gasteiger partial charge on any atom is 0.254 e. The third-order valence-corrected chi connectivity index (χ3v) is 4.11. The summed E-state index contributed by atoms with van der Waals surface area (Å²) in [7, 11) is 0. The Morgan fingerprint density at radius 2 is 2.00 bits per heavy atom. The van der Waals surface area contributed by atoms with Crippen LogP contribution in [0.4, 0.5) is 0 Å². The molecule has 1 saturated carbocycles. The quantitative estimate of drug-likeness (QED) is 0.931. The maximum absolute atomic E-state index is 12.0. The molecule has 1 heterocycles. The van der Waals surface area contributed by atoms with Crippen LogP contribution in [-0.2, 0) is 0 Å². The summed E-state index contributed by atoms with van der Waals surface area (Å²) in [5, 5.41) is 10.4. The van der Waals surface area contributed by atoms with Crippen LogP contribution in [0.5, 0.6) is 0 Å². The SMILES string of the molecule is CC1CCC(CNC(=O)c2cc(Cl)nnc2Cl)CC1. The normalized spacial score (nSPS) is 23.1. The molecule has 1 aliphatic rings. The fraction of sp³-hybridized carbons (Fsp3) is 0.615. The Kier molecular flexibility index (Phi) is 4.99. The Morgan fingerprint density at radius 1 is 1.32 bits per heavy atom. The summed E-state index contributed by atoms with van der Waals surface area (Å²) < 4.78 is 0. The minimum absolute atomic E-state index is 0.0826. The highest BCUT2D eigenvalue weighted by molar-refractivity contribution is 6.34. The Bertz CT molecular complexity index is 459. The van der Waals surface area contributed by atoms with Crippen LogP contribution in [0.2, 0.25) is 10.3 Å². The van der Waals surface area contributed by atoms with Crippen molar-refractivity contribution >= 4 is 29.1 Å². The van der Waals surface area contributed by atoms with E-state index in [4.69, 9.17) is 23.2 Å². The van der Waals surface area contributed by atoms with Crippen molar-refractivity contribution in [2.45, 2.75) is 32.6 Å². The molecule has 1 amide bonds. The topological polar surface area (TPSA) is 54.9 Å². The second kappa shape index (κ2) is 6.53. The molecule has 19 heavy (non-hydrogen) atoms. The predicted octanol–water partition coefficient (Wildman–Crippen LogP) is 3.34. The minimum Gasteiger partial charge on any atom is -0.352 e. The van der Waals surface area contributed by atoms with E-state index in [0.717, 1.165) is 5.92 Å². The van der Waals surface area contributed by atoms with E-state index in [1.807, 2.05) is 0 Å². The van der Waals surface area contributed by atoms with Gasteiger partial charge in [0.05, 0.1) is 5.56 Å². The first-order valence-corrected chi connectivity index (χ1v) is 7.28. The average Bonchev–Trinajstić information content (AvgIpc) is 2.40. The van der Waals surface area contributed by atoms with Gasteiger partial charge in [-0.3, -0.25) is 4.79 Å². The summed E-state index contributed by atoms with van der Waals surface area (Å²) in [6.45, 7) is 2.96. The van der Waals surface area contributed by atoms with Gasteiger partial charge in [-0.25, -0.2) is 0 Å². The first-order chi connectivity index (χ1) is 9.06. The molecule has 1 aromatic heterocycles. The van der Waals surface area contributed by atoms with Gasteiger partial charge in [0.15, 0.2) is 10.3 Å². The zero-order chi connectivity index (χ0) is 13.8. The Balaban J connectivity index is 1.89. The molecule has 0 saturated heterocycles. The lowest BCUT2D eigenvalue weighted by Gasteiger charge is -2.26. The molecule has 0 aromatic carbocycles. The molecular formula is C13H17Cl2N3O. The van der Waals surface area contributed by atoms with E-state index in [0.29, 0.717) is 12.5 Å². The molecule has 4 nitrogen and oxygen atoms in total. The van der Waals surface area contributed by atoms with Gasteiger partial charge < -0.3 is 5.32 Å². The molecule has 1 N–H and O–H groups in total. The van der Waals surface area contributed by atoms with E-state index < -0.39 is 0 Å². The van der Waals surface area contributed by atoms with Gasteiger partial charge >= 0.3 is 0 Å². The third kappa shape index (κ3) is 4.05. The largest absolute Gasteiger partial charge is 0.352 e. The summed E-state index contributed by atoms with van der Waals surface area (Å²) in [6.07, 6.45) is 4.82. The summed E-state index contributed by atoms with van der Waals surface area (Å²) in [5.74, 6) is 1.13. The number of amides is 1. The molecule has 0 radical (unpaired) electrons. The summed E-state index contributed by atoms with van der Waals surface area (Å²) >= 11 is 11.6. The summed E-state index contributed by atoms with van der Waals surface area (Å²) in [6, 6.07) is 1.44. The monoisotopic (exact) mass is 301 g/mol. The molecule has 0 atom stereocenters. The molecule has 1 aliphatic carbocycles. The van der Waals surface area contributed by atoms with Gasteiger partial charge in [-0.05, 0) is 30.7 Å². The van der Waals surface area contributed by atoms with Gasteiger partial charge in [0.25, 0.3) is 5.91 Å². The van der Waals surface area contributed by atoms with Crippen molar-refractivity contribution in [2.24, 2.45) is 11.8 Å². The van der Waals surface area contributed by atoms with Crippen molar-refractivity contribution in [2.75, 3.05) is 6.54 Å². The fourth-order valence-corrected chi connectivity index (χ4v) is 2.70. The molecule has 0 aliphatic heterocycles. The number of carbonyl (C=O) groups excluding carboxylic acids is 1. The van der Waals surface area contributed by atoms with Crippen LogP contribution in [0.1, 0.15) is 43.0 Å². The number of aromatic nitrogens is 2. The van der Waals surface area contributed by atoms with Crippen LogP contribution in [0.3, 0.4) is 0 Å². The number of nitrogens with one attached hydrogen (secondary N) is 1. The Morgan fingerprint density at radius 3 is 2.68 bits per heavy atom. The zero-order valence-electron chi connectivity index (χ0n) is 10.8. The first-order valence-electron chi connectivity index (χ1n) is 6.53. The van der Waals surface area contributed by atoms with Crippen LogP contribution in [-0.4, -0.2) is 22.6 Å². The molecule has 0 spiro atoms. The molecule has 1 aromatic rings. The molecular weight excluding hydrogens is 285 g/mol. The lowest BCUT2D eigenvalue weighted by molar-refractivity contribution is 0.0941. The van der Waals surface area contributed by atoms with Crippen LogP contribution < -0.4 is 5.32 Å². The standard InChI is InChI=1S/C13H17Cl2N3O/c1-8-2-4-9(5-3-8)7-16-13(19)10-6-11(14)17-18-12(10)15/h6,8-9H,2-5,7H2,1H3,(H,16,19). The van der Waals surface area contributed by atoms with E-state index in [1.165, 1.54) is 31.7 Å². The van der Waals surface area contributed by atoms with E-state index in [9.17, 15) is 4.79 Å². The molecule has 2 rings (SSSR count). The van der Waals surface area contributed by atoms with Gasteiger partial charge in [0, 0.05) is 6.54 Å². The molecule has 104 valence electrons. The highest BCUT2D eigenvalue weighted by Gasteiger charge is 2.20. The average molecular weight is 302 g/mol. The number of hydrogen-bond donors (Lipinski definition) is 1. The van der Waals surface area contributed by atoms with Crippen molar-refractivity contribution in [3.05, 3.63) is 21.9 Å². The highest BCUT2D eigenvalue weighted by atomic mass is 35.5. The zero-order valence-corrected chi connectivity index (χ0v) is 12.3. The van der Waals surface area contributed by atoms with Crippen molar-refractivity contribution in [3.63, 3.8) is 0 Å². The van der Waals surface area contributed by atoms with E-state index in [-0.39, 0.29) is 21.8 Å². The van der Waals surface area contributed by atoms with Crippen molar-refractivity contribution in [3.8, 4) is 0 Å². The maximum atomic E-state index is 12.0. The Labute approximate surface area is 122 Å². The van der Waals surface area contributed by atoms with Gasteiger partial charge in [-0.2, -0.15) is 0 Å². The smallest absolute Gasteiger partial charge is 0.254 e. The number of carbonyl (C=O) groups is 1. The van der Waals surface area contributed by atoms with Crippen molar-refractivity contribution in [1.29, 1.82) is 0 Å². The number of hydrogen-bond acceptors (Lipinski definition) is 3. The molecule has 6 heteroatoms. The van der Waals surface area contributed by atoms with Crippen molar-refractivity contribution < 1.29 is 4.79 Å². The lowest BCUT2D eigenvalue weighted by Crippen LogP contribution is -2.31. The molecule has 0 unspecified atom stereocenters. The third-order valence-electron chi connectivity index (χ3n) is 3.65. The minimum atomic E-state index is -0.236. The second-order valence-corrected chi connectivity index (χ2v) is 5.95. The van der Waals surface area contributed by atoms with E-state index >= 15 is 0 Å². The van der Waals surface area contributed by atoms with Gasteiger partial charge in [0.1, 0.15) is 0 Å². The summed E-state index contributed by atoms with van der Waals surface area (Å²) in [4.78, 5) is 12.0. The highest BCUT2D eigenvalue weighted by Crippen LogP contribution is 2.27. The Hall–Kier alpha value is -0.870. The predicted molar refractivity (Wildman–Crippen MR) is 75.5 cm³/mol. The number of rotatable bonds is 3. The van der Waals surface area contributed by atoms with Crippen LogP contribution >= 0.6 is 23.2 Å². The van der Waals surface area contributed by atoms with E-state index in [1.54, 1.807) is 0 Å².